The average Bonchev–Trinajstić information content (AvgIpc) is 3.30. The van der Waals surface area contributed by atoms with E-state index < -0.39 is 42.0 Å². The van der Waals surface area contributed by atoms with Crippen LogP contribution in [-0.2, 0) is 25.6 Å². The Kier molecular flexibility index (Phi) is 10.8. The molecule has 0 spiro atoms. The molecule has 1 saturated heterocycles. The molecular formula is C24H36N4O6S. The number of nitrogens with one attached hydrogen (secondary N) is 2. The molecule has 194 valence electrons. The fourth-order valence-electron chi connectivity index (χ4n) is 4.00. The molecule has 4 atom stereocenters. The number of nitrogens with zero attached hydrogens (tertiary/aromatic N) is 1. The molecule has 0 radical (unpaired) electrons. The zero-order chi connectivity index (χ0) is 26.1. The monoisotopic (exact) mass is 508 g/mol. The highest BCUT2D eigenvalue weighted by Crippen LogP contribution is 2.21. The van der Waals surface area contributed by atoms with Gasteiger partial charge in [0.2, 0.25) is 17.7 Å². The maximum atomic E-state index is 13.4. The number of hydrogen-bond donors (Lipinski definition) is 5. The van der Waals surface area contributed by atoms with Crippen LogP contribution in [0.2, 0.25) is 0 Å². The zero-order valence-electron chi connectivity index (χ0n) is 20.4. The number of carbonyl (C=O) groups is 4. The van der Waals surface area contributed by atoms with Gasteiger partial charge < -0.3 is 31.5 Å². The molecule has 1 aliphatic rings. The van der Waals surface area contributed by atoms with Crippen LogP contribution < -0.4 is 16.4 Å². The van der Waals surface area contributed by atoms with Gasteiger partial charge in [0.25, 0.3) is 0 Å². The summed E-state index contributed by atoms with van der Waals surface area (Å²) in [4.78, 5) is 52.0. The fraction of sp³-hybridized carbons (Fsp3) is 0.583. The quantitative estimate of drug-likeness (QED) is 0.276. The first-order chi connectivity index (χ1) is 16.5. The van der Waals surface area contributed by atoms with E-state index >= 15 is 0 Å². The van der Waals surface area contributed by atoms with Crippen molar-refractivity contribution in [2.75, 3.05) is 18.6 Å². The summed E-state index contributed by atoms with van der Waals surface area (Å²) in [6, 6.07) is 2.76. The van der Waals surface area contributed by atoms with Crippen LogP contribution in [0.4, 0.5) is 0 Å². The number of phenolic OH excluding ortho intramolecular Hbond substituents is 1. The first kappa shape index (κ1) is 28.4. The molecule has 1 heterocycles. The summed E-state index contributed by atoms with van der Waals surface area (Å²) in [6.45, 7) is 3.93. The predicted molar refractivity (Wildman–Crippen MR) is 134 cm³/mol. The van der Waals surface area contributed by atoms with Gasteiger partial charge in [-0.25, -0.2) is 4.79 Å². The molecule has 1 fully saturated rings. The number of phenols is 1. The van der Waals surface area contributed by atoms with E-state index in [9.17, 15) is 29.4 Å². The first-order valence-electron chi connectivity index (χ1n) is 11.7. The minimum atomic E-state index is -1.11. The van der Waals surface area contributed by atoms with E-state index in [0.717, 1.165) is 5.56 Å². The largest absolute Gasteiger partial charge is 0.508 e. The second kappa shape index (κ2) is 13.3. The van der Waals surface area contributed by atoms with Gasteiger partial charge in [-0.3, -0.25) is 14.4 Å². The Bertz CT molecular complexity index is 895. The first-order valence-corrected chi connectivity index (χ1v) is 13.1. The third kappa shape index (κ3) is 8.14. The van der Waals surface area contributed by atoms with Crippen molar-refractivity contribution in [3.05, 3.63) is 29.8 Å². The summed E-state index contributed by atoms with van der Waals surface area (Å²) >= 11 is 1.49. The van der Waals surface area contributed by atoms with E-state index in [-0.39, 0.29) is 30.4 Å². The summed E-state index contributed by atoms with van der Waals surface area (Å²) in [6.07, 6.45) is 3.39. The second-order valence-corrected chi connectivity index (χ2v) is 10.1. The number of carboxylic acids is 1. The highest BCUT2D eigenvalue weighted by Gasteiger charge is 2.39. The predicted octanol–water partition coefficient (Wildman–Crippen LogP) is 0.716. The van der Waals surface area contributed by atoms with Crippen LogP contribution in [-0.4, -0.2) is 81.5 Å². The Morgan fingerprint density at radius 2 is 1.83 bits per heavy atom. The molecule has 2 rings (SSSR count). The van der Waals surface area contributed by atoms with Crippen molar-refractivity contribution in [2.45, 2.75) is 63.7 Å². The number of benzene rings is 1. The van der Waals surface area contributed by atoms with Gasteiger partial charge in [0.05, 0.1) is 6.04 Å². The number of amides is 3. The molecule has 0 aliphatic carbocycles. The normalized spacial score (nSPS) is 18.1. The summed E-state index contributed by atoms with van der Waals surface area (Å²) in [5.74, 6) is -2.06. The molecule has 0 aromatic heterocycles. The highest BCUT2D eigenvalue weighted by atomic mass is 32.2. The summed E-state index contributed by atoms with van der Waals surface area (Å²) in [5, 5.41) is 24.1. The SMILES string of the molecule is CSCCC(NC(=O)C1CCCN1C(=O)C(NC(=O)C(N)Cc1ccc(O)cc1)C(C)C)C(=O)O. The van der Waals surface area contributed by atoms with Crippen LogP contribution in [0.25, 0.3) is 0 Å². The van der Waals surface area contributed by atoms with Crippen LogP contribution >= 0.6 is 11.8 Å². The number of thioether (sulfide) groups is 1. The van der Waals surface area contributed by atoms with Gasteiger partial charge in [-0.05, 0) is 61.3 Å². The molecule has 0 saturated carbocycles. The molecule has 1 aromatic rings. The van der Waals surface area contributed by atoms with E-state index in [0.29, 0.717) is 25.1 Å². The number of hydrogen-bond acceptors (Lipinski definition) is 7. The van der Waals surface area contributed by atoms with Crippen LogP contribution in [0.5, 0.6) is 5.75 Å². The van der Waals surface area contributed by atoms with Gasteiger partial charge in [0, 0.05) is 6.54 Å². The fourth-order valence-corrected chi connectivity index (χ4v) is 4.47. The number of rotatable bonds is 12. The van der Waals surface area contributed by atoms with Gasteiger partial charge in [-0.15, -0.1) is 0 Å². The molecule has 11 heteroatoms. The van der Waals surface area contributed by atoms with Gasteiger partial charge in [-0.2, -0.15) is 11.8 Å². The van der Waals surface area contributed by atoms with Crippen molar-refractivity contribution in [3.8, 4) is 5.75 Å². The molecule has 35 heavy (non-hydrogen) atoms. The van der Waals surface area contributed by atoms with Crippen LogP contribution in [0.3, 0.4) is 0 Å². The lowest BCUT2D eigenvalue weighted by atomic mass is 10.00. The Hall–Kier alpha value is -2.79. The maximum absolute atomic E-state index is 13.4. The van der Waals surface area contributed by atoms with E-state index in [2.05, 4.69) is 10.6 Å². The van der Waals surface area contributed by atoms with E-state index in [4.69, 9.17) is 5.73 Å². The summed E-state index contributed by atoms with van der Waals surface area (Å²) < 4.78 is 0. The van der Waals surface area contributed by atoms with Crippen LogP contribution in [0, 0.1) is 5.92 Å². The molecule has 4 unspecified atom stereocenters. The zero-order valence-corrected chi connectivity index (χ0v) is 21.2. The highest BCUT2D eigenvalue weighted by molar-refractivity contribution is 7.98. The van der Waals surface area contributed by atoms with E-state index in [1.54, 1.807) is 26.0 Å². The smallest absolute Gasteiger partial charge is 0.326 e. The number of carboxylic acid groups (broad SMARTS) is 1. The summed E-state index contributed by atoms with van der Waals surface area (Å²) in [7, 11) is 0. The molecule has 10 nitrogen and oxygen atoms in total. The average molecular weight is 509 g/mol. The van der Waals surface area contributed by atoms with E-state index in [1.807, 2.05) is 6.26 Å². The number of carbonyl (C=O) groups excluding carboxylic acids is 3. The van der Waals surface area contributed by atoms with Crippen molar-refractivity contribution in [1.29, 1.82) is 0 Å². The standard InChI is InChI=1S/C24H36N4O6S/c1-14(2)20(27-21(30)17(25)13-15-6-8-16(29)9-7-15)23(32)28-11-4-5-19(28)22(31)26-18(24(33)34)10-12-35-3/h6-9,14,17-20,29H,4-5,10-13,25H2,1-3H3,(H,26,31)(H,27,30)(H,33,34). The van der Waals surface area contributed by atoms with Crippen molar-refractivity contribution in [1.82, 2.24) is 15.5 Å². The lowest BCUT2D eigenvalue weighted by Gasteiger charge is -2.31. The maximum Gasteiger partial charge on any atom is 0.326 e. The third-order valence-corrected chi connectivity index (χ3v) is 6.67. The molecule has 0 bridgehead atoms. The molecule has 3 amide bonds. The Labute approximate surface area is 210 Å². The molecule has 6 N–H and O–H groups in total. The Morgan fingerprint density at radius 3 is 2.40 bits per heavy atom. The van der Waals surface area contributed by atoms with Gasteiger partial charge in [0.15, 0.2) is 0 Å². The lowest BCUT2D eigenvalue weighted by molar-refractivity contribution is -0.145. The summed E-state index contributed by atoms with van der Waals surface area (Å²) in [5.41, 5.74) is 6.83. The van der Waals surface area contributed by atoms with Crippen molar-refractivity contribution >= 4 is 35.5 Å². The van der Waals surface area contributed by atoms with Crippen LogP contribution in [0.15, 0.2) is 24.3 Å². The molecule has 1 aromatic carbocycles. The number of nitrogens with two attached hydrogens (primary N) is 1. The van der Waals surface area contributed by atoms with Gasteiger partial charge in [0.1, 0.15) is 23.9 Å². The molecular weight excluding hydrogens is 472 g/mol. The van der Waals surface area contributed by atoms with E-state index in [1.165, 1.54) is 28.8 Å². The third-order valence-electron chi connectivity index (χ3n) is 6.02. The van der Waals surface area contributed by atoms with Crippen molar-refractivity contribution in [3.63, 3.8) is 0 Å². The number of aromatic hydroxyl groups is 1. The second-order valence-electron chi connectivity index (χ2n) is 9.08. The minimum Gasteiger partial charge on any atom is -0.508 e. The lowest BCUT2D eigenvalue weighted by Crippen LogP contribution is -2.58. The van der Waals surface area contributed by atoms with Crippen molar-refractivity contribution < 1.29 is 29.4 Å². The number of aliphatic carboxylic acids is 1. The minimum absolute atomic E-state index is 0.111. The number of likely N-dealkylation sites (tertiary alicyclic amines) is 1. The Morgan fingerprint density at radius 1 is 1.17 bits per heavy atom. The van der Waals surface area contributed by atoms with Crippen LogP contribution in [0.1, 0.15) is 38.7 Å². The Balaban J connectivity index is 2.06. The van der Waals surface area contributed by atoms with Gasteiger partial charge >= 0.3 is 5.97 Å². The molecule has 1 aliphatic heterocycles. The topological polar surface area (TPSA) is 162 Å². The van der Waals surface area contributed by atoms with Gasteiger partial charge in [-0.1, -0.05) is 26.0 Å². The van der Waals surface area contributed by atoms with Crippen molar-refractivity contribution in [2.24, 2.45) is 11.7 Å².